The van der Waals surface area contributed by atoms with Gasteiger partial charge in [0.15, 0.2) is 17.5 Å². The number of nitrogens with one attached hydrogen (secondary N) is 2. The molecule has 2 aromatic carbocycles. The Balaban J connectivity index is 1.78. The normalized spacial score (nSPS) is 13.5. The summed E-state index contributed by atoms with van der Waals surface area (Å²) in [6.45, 7) is 6.53. The minimum atomic E-state index is -0.0805. The number of hydrogen-bond donors (Lipinski definition) is 2. The lowest BCUT2D eigenvalue weighted by molar-refractivity contribution is -0.114. The molecule has 0 aliphatic carbocycles. The highest BCUT2D eigenvalue weighted by Crippen LogP contribution is 2.33. The number of aliphatic imine (C=N–C) groups is 1. The number of amides is 1. The SMILES string of the molecule is CCNC(=NCc1cccc(NC(C)=O)c1)N1CCc2cc(OC)c(OC)cc2C1. The first-order valence-corrected chi connectivity index (χ1v) is 10.2. The Labute approximate surface area is 178 Å². The monoisotopic (exact) mass is 410 g/mol. The minimum Gasteiger partial charge on any atom is -0.493 e. The topological polar surface area (TPSA) is 75.2 Å². The summed E-state index contributed by atoms with van der Waals surface area (Å²) in [7, 11) is 3.32. The van der Waals surface area contributed by atoms with E-state index < -0.39 is 0 Å². The van der Waals surface area contributed by atoms with Crippen molar-refractivity contribution < 1.29 is 14.3 Å². The van der Waals surface area contributed by atoms with E-state index in [1.807, 2.05) is 24.3 Å². The third kappa shape index (κ3) is 5.23. The van der Waals surface area contributed by atoms with Crippen molar-refractivity contribution in [1.82, 2.24) is 10.2 Å². The zero-order chi connectivity index (χ0) is 21.5. The van der Waals surface area contributed by atoms with Crippen molar-refractivity contribution in [2.45, 2.75) is 33.4 Å². The summed E-state index contributed by atoms with van der Waals surface area (Å²) in [4.78, 5) is 18.4. The number of ether oxygens (including phenoxy) is 2. The molecule has 0 radical (unpaired) electrons. The number of nitrogens with zero attached hydrogens (tertiary/aromatic N) is 2. The second-order valence-electron chi connectivity index (χ2n) is 7.20. The van der Waals surface area contributed by atoms with Gasteiger partial charge in [-0.15, -0.1) is 0 Å². The van der Waals surface area contributed by atoms with E-state index in [0.717, 1.165) is 54.8 Å². The van der Waals surface area contributed by atoms with Gasteiger partial charge in [0, 0.05) is 32.2 Å². The average Bonchev–Trinajstić information content (AvgIpc) is 2.75. The highest BCUT2D eigenvalue weighted by molar-refractivity contribution is 5.88. The lowest BCUT2D eigenvalue weighted by atomic mass is 9.99. The van der Waals surface area contributed by atoms with Gasteiger partial charge in [-0.1, -0.05) is 12.1 Å². The molecule has 1 amide bonds. The largest absolute Gasteiger partial charge is 0.493 e. The number of hydrogen-bond acceptors (Lipinski definition) is 4. The van der Waals surface area contributed by atoms with Crippen LogP contribution in [0.5, 0.6) is 11.5 Å². The molecule has 0 aromatic heterocycles. The highest BCUT2D eigenvalue weighted by Gasteiger charge is 2.21. The van der Waals surface area contributed by atoms with Gasteiger partial charge in [0.05, 0.1) is 20.8 Å². The fourth-order valence-corrected chi connectivity index (χ4v) is 3.61. The van der Waals surface area contributed by atoms with E-state index in [-0.39, 0.29) is 5.91 Å². The van der Waals surface area contributed by atoms with Crippen LogP contribution in [-0.4, -0.2) is 44.1 Å². The van der Waals surface area contributed by atoms with Gasteiger partial charge in [-0.2, -0.15) is 0 Å². The van der Waals surface area contributed by atoms with Gasteiger partial charge in [0.2, 0.25) is 5.91 Å². The lowest BCUT2D eigenvalue weighted by Gasteiger charge is -2.32. The van der Waals surface area contributed by atoms with Crippen molar-refractivity contribution >= 4 is 17.6 Å². The standard InChI is InChI=1S/C23H30N4O3/c1-5-24-23(25-14-17-7-6-8-20(11-17)26-16(2)28)27-10-9-18-12-21(29-3)22(30-4)13-19(18)15-27/h6-8,11-13H,5,9-10,14-15H2,1-4H3,(H,24,25)(H,26,28). The van der Waals surface area contributed by atoms with Crippen LogP contribution in [0.3, 0.4) is 0 Å². The van der Waals surface area contributed by atoms with Crippen molar-refractivity contribution in [3.63, 3.8) is 0 Å². The number of rotatable bonds is 6. The van der Waals surface area contributed by atoms with E-state index in [1.54, 1.807) is 14.2 Å². The minimum absolute atomic E-state index is 0.0805. The summed E-state index contributed by atoms with van der Waals surface area (Å²) < 4.78 is 10.9. The van der Waals surface area contributed by atoms with Gasteiger partial charge in [0.1, 0.15) is 0 Å². The lowest BCUT2D eigenvalue weighted by Crippen LogP contribution is -2.44. The van der Waals surface area contributed by atoms with Gasteiger partial charge in [-0.25, -0.2) is 4.99 Å². The van der Waals surface area contributed by atoms with Crippen LogP contribution >= 0.6 is 0 Å². The number of benzene rings is 2. The number of anilines is 1. The average molecular weight is 411 g/mol. The van der Waals surface area contributed by atoms with Gasteiger partial charge < -0.3 is 25.0 Å². The van der Waals surface area contributed by atoms with Crippen LogP contribution in [0.1, 0.15) is 30.5 Å². The number of guanidine groups is 1. The maximum atomic E-state index is 11.3. The van der Waals surface area contributed by atoms with Gasteiger partial charge >= 0.3 is 0 Å². The summed E-state index contributed by atoms with van der Waals surface area (Å²) in [5, 5.41) is 6.22. The van der Waals surface area contributed by atoms with Crippen LogP contribution in [0.2, 0.25) is 0 Å². The van der Waals surface area contributed by atoms with Crippen molar-refractivity contribution in [2.24, 2.45) is 4.99 Å². The van der Waals surface area contributed by atoms with Crippen LogP contribution in [0, 0.1) is 0 Å². The molecule has 0 saturated carbocycles. The molecule has 2 aromatic rings. The van der Waals surface area contributed by atoms with E-state index in [0.29, 0.717) is 6.54 Å². The highest BCUT2D eigenvalue weighted by atomic mass is 16.5. The Morgan fingerprint density at radius 2 is 1.87 bits per heavy atom. The number of fused-ring (bicyclic) bond motifs is 1. The third-order valence-corrected chi connectivity index (χ3v) is 5.01. The maximum Gasteiger partial charge on any atom is 0.221 e. The van der Waals surface area contributed by atoms with Gasteiger partial charge in [-0.3, -0.25) is 4.79 Å². The molecule has 7 nitrogen and oxygen atoms in total. The van der Waals surface area contributed by atoms with E-state index in [9.17, 15) is 4.79 Å². The fraction of sp³-hybridized carbons (Fsp3) is 0.391. The fourth-order valence-electron chi connectivity index (χ4n) is 3.61. The van der Waals surface area contributed by atoms with Gasteiger partial charge in [0.25, 0.3) is 0 Å². The predicted octanol–water partition coefficient (Wildman–Crippen LogP) is 3.19. The van der Waals surface area contributed by atoms with Crippen molar-refractivity contribution in [2.75, 3.05) is 32.6 Å². The summed E-state index contributed by atoms with van der Waals surface area (Å²) >= 11 is 0. The molecule has 0 bridgehead atoms. The van der Waals surface area contributed by atoms with E-state index >= 15 is 0 Å². The summed E-state index contributed by atoms with van der Waals surface area (Å²) in [6, 6.07) is 11.9. The molecule has 1 aliphatic heterocycles. The smallest absolute Gasteiger partial charge is 0.221 e. The van der Waals surface area contributed by atoms with Crippen molar-refractivity contribution in [3.05, 3.63) is 53.1 Å². The first kappa shape index (κ1) is 21.5. The zero-order valence-corrected chi connectivity index (χ0v) is 18.1. The summed E-state index contributed by atoms with van der Waals surface area (Å²) in [5.74, 6) is 2.31. The van der Waals surface area contributed by atoms with Crippen LogP contribution < -0.4 is 20.1 Å². The number of carbonyl (C=O) groups is 1. The quantitative estimate of drug-likeness (QED) is 0.565. The van der Waals surface area contributed by atoms with Crippen molar-refractivity contribution in [3.8, 4) is 11.5 Å². The second-order valence-corrected chi connectivity index (χ2v) is 7.20. The first-order chi connectivity index (χ1) is 14.5. The molecule has 30 heavy (non-hydrogen) atoms. The molecule has 0 fully saturated rings. The number of methoxy groups -OCH3 is 2. The van der Waals surface area contributed by atoms with Crippen LogP contribution in [0.4, 0.5) is 5.69 Å². The van der Waals surface area contributed by atoms with Gasteiger partial charge in [-0.05, 0) is 54.3 Å². The Morgan fingerprint density at radius 3 is 2.53 bits per heavy atom. The van der Waals surface area contributed by atoms with Crippen LogP contribution in [0.25, 0.3) is 0 Å². The Hall–Kier alpha value is -3.22. The molecule has 0 atom stereocenters. The van der Waals surface area contributed by atoms with E-state index in [1.165, 1.54) is 18.1 Å². The van der Waals surface area contributed by atoms with Crippen LogP contribution in [-0.2, 0) is 24.3 Å². The Kier molecular flexibility index (Phi) is 7.17. The van der Waals surface area contributed by atoms with Crippen molar-refractivity contribution in [1.29, 1.82) is 0 Å². The molecule has 1 aliphatic rings. The molecule has 0 unspecified atom stereocenters. The molecule has 0 spiro atoms. The maximum absolute atomic E-state index is 11.3. The molecule has 2 N–H and O–H groups in total. The molecule has 3 rings (SSSR count). The molecule has 7 heteroatoms. The second kappa shape index (κ2) is 10.0. The molecule has 160 valence electrons. The molecular weight excluding hydrogens is 380 g/mol. The van der Waals surface area contributed by atoms with E-state index in [2.05, 4.69) is 34.6 Å². The predicted molar refractivity (Wildman–Crippen MR) is 119 cm³/mol. The molecule has 1 heterocycles. The first-order valence-electron chi connectivity index (χ1n) is 10.2. The zero-order valence-electron chi connectivity index (χ0n) is 18.1. The molecule has 0 saturated heterocycles. The number of carbonyl (C=O) groups excluding carboxylic acids is 1. The molecular formula is C23H30N4O3. The Bertz CT molecular complexity index is 927. The third-order valence-electron chi connectivity index (χ3n) is 5.01. The summed E-state index contributed by atoms with van der Waals surface area (Å²) in [5.41, 5.74) is 4.33. The Morgan fingerprint density at radius 1 is 1.13 bits per heavy atom. The van der Waals surface area contributed by atoms with Crippen LogP contribution in [0.15, 0.2) is 41.4 Å². The van der Waals surface area contributed by atoms with E-state index in [4.69, 9.17) is 14.5 Å². The summed E-state index contributed by atoms with van der Waals surface area (Å²) in [6.07, 6.45) is 0.915.